The molecule has 0 bridgehead atoms. The molecule has 1 aliphatic heterocycles. The van der Waals surface area contributed by atoms with Crippen LogP contribution in [0, 0.1) is 12.3 Å². The second-order valence-corrected chi connectivity index (χ2v) is 6.24. The molecule has 24 heavy (non-hydrogen) atoms. The van der Waals surface area contributed by atoms with Gasteiger partial charge in [0.25, 0.3) is 0 Å². The first-order chi connectivity index (χ1) is 11.8. The van der Waals surface area contributed by atoms with Crippen LogP contribution in [0.25, 0.3) is 0 Å². The van der Waals surface area contributed by atoms with E-state index in [-0.39, 0.29) is 12.6 Å². The Kier molecular flexibility index (Phi) is 5.77. The summed E-state index contributed by atoms with van der Waals surface area (Å²) >= 11 is 6.06. The number of hydrogen-bond donors (Lipinski definition) is 1. The second kappa shape index (κ2) is 8.21. The Balaban J connectivity index is 1.88. The first-order valence-corrected chi connectivity index (χ1v) is 8.52. The largest absolute Gasteiger partial charge is 0.481 e. The molecule has 1 unspecified atom stereocenters. The van der Waals surface area contributed by atoms with Gasteiger partial charge in [-0.25, -0.2) is 0 Å². The number of terminal acetylenes is 1. The van der Waals surface area contributed by atoms with Crippen LogP contribution in [0.2, 0.25) is 5.02 Å². The summed E-state index contributed by atoms with van der Waals surface area (Å²) in [7, 11) is 0. The van der Waals surface area contributed by atoms with Crippen LogP contribution in [0.4, 0.5) is 0 Å². The maximum Gasteiger partial charge on any atom is 0.148 e. The SMILES string of the molecule is C#CCOc1ccc(C(c2ccc(Cl)cc2)N2CCNCC2)cc1. The van der Waals surface area contributed by atoms with Gasteiger partial charge in [-0.1, -0.05) is 41.8 Å². The highest BCUT2D eigenvalue weighted by Gasteiger charge is 2.23. The molecule has 1 atom stereocenters. The van der Waals surface area contributed by atoms with Gasteiger partial charge in [-0.3, -0.25) is 4.90 Å². The lowest BCUT2D eigenvalue weighted by Gasteiger charge is -2.35. The minimum atomic E-state index is 0.214. The van der Waals surface area contributed by atoms with Crippen molar-refractivity contribution < 1.29 is 4.74 Å². The van der Waals surface area contributed by atoms with Crippen molar-refractivity contribution >= 4 is 11.6 Å². The van der Waals surface area contributed by atoms with Crippen molar-refractivity contribution in [3.05, 3.63) is 64.7 Å². The predicted octanol–water partition coefficient (Wildman–Crippen LogP) is 3.35. The van der Waals surface area contributed by atoms with Gasteiger partial charge in [-0.05, 0) is 35.4 Å². The van der Waals surface area contributed by atoms with Gasteiger partial charge in [0.15, 0.2) is 0 Å². The summed E-state index contributed by atoms with van der Waals surface area (Å²) in [5, 5.41) is 4.17. The Morgan fingerprint density at radius 3 is 2.21 bits per heavy atom. The number of benzene rings is 2. The van der Waals surface area contributed by atoms with Crippen LogP contribution < -0.4 is 10.1 Å². The maximum absolute atomic E-state index is 6.06. The van der Waals surface area contributed by atoms with Crippen molar-refractivity contribution in [2.24, 2.45) is 0 Å². The van der Waals surface area contributed by atoms with E-state index in [4.69, 9.17) is 22.8 Å². The molecule has 2 aromatic rings. The highest BCUT2D eigenvalue weighted by atomic mass is 35.5. The maximum atomic E-state index is 6.06. The van der Waals surface area contributed by atoms with Crippen molar-refractivity contribution in [2.75, 3.05) is 32.8 Å². The molecule has 1 aliphatic rings. The number of piperazine rings is 1. The van der Waals surface area contributed by atoms with Gasteiger partial charge < -0.3 is 10.1 Å². The molecule has 0 saturated carbocycles. The van der Waals surface area contributed by atoms with E-state index in [2.05, 4.69) is 40.4 Å². The normalized spacial score (nSPS) is 16.3. The summed E-state index contributed by atoms with van der Waals surface area (Å²) < 4.78 is 5.48. The van der Waals surface area contributed by atoms with Crippen LogP contribution in [0.5, 0.6) is 5.75 Å². The molecule has 0 aliphatic carbocycles. The molecule has 0 aromatic heterocycles. The van der Waals surface area contributed by atoms with Crippen LogP contribution in [0.15, 0.2) is 48.5 Å². The van der Waals surface area contributed by atoms with Crippen LogP contribution in [0.1, 0.15) is 17.2 Å². The van der Waals surface area contributed by atoms with Crippen LogP contribution in [-0.2, 0) is 0 Å². The van der Waals surface area contributed by atoms with E-state index in [0.29, 0.717) is 0 Å². The van der Waals surface area contributed by atoms with Crippen LogP contribution in [-0.4, -0.2) is 37.7 Å². The first kappa shape index (κ1) is 16.9. The van der Waals surface area contributed by atoms with Gasteiger partial charge in [-0.15, -0.1) is 6.42 Å². The van der Waals surface area contributed by atoms with E-state index >= 15 is 0 Å². The highest BCUT2D eigenvalue weighted by molar-refractivity contribution is 6.30. The Morgan fingerprint density at radius 2 is 1.62 bits per heavy atom. The quantitative estimate of drug-likeness (QED) is 0.845. The Morgan fingerprint density at radius 1 is 1.04 bits per heavy atom. The van der Waals surface area contributed by atoms with E-state index in [9.17, 15) is 0 Å². The molecule has 1 heterocycles. The van der Waals surface area contributed by atoms with E-state index in [1.54, 1.807) is 0 Å². The van der Waals surface area contributed by atoms with Crippen molar-refractivity contribution in [1.82, 2.24) is 10.2 Å². The molecular weight excluding hydrogens is 320 g/mol. The molecule has 3 rings (SSSR count). The number of hydrogen-bond acceptors (Lipinski definition) is 3. The van der Waals surface area contributed by atoms with E-state index in [1.165, 1.54) is 11.1 Å². The summed E-state index contributed by atoms with van der Waals surface area (Å²) in [5.74, 6) is 3.28. The van der Waals surface area contributed by atoms with Gasteiger partial charge in [0, 0.05) is 31.2 Å². The number of rotatable bonds is 5. The zero-order chi connectivity index (χ0) is 16.8. The summed E-state index contributed by atoms with van der Waals surface area (Å²) in [6.07, 6.45) is 5.24. The number of nitrogens with zero attached hydrogens (tertiary/aromatic N) is 1. The molecule has 1 N–H and O–H groups in total. The van der Waals surface area contributed by atoms with Gasteiger partial charge >= 0.3 is 0 Å². The summed E-state index contributed by atoms with van der Waals surface area (Å²) in [5.41, 5.74) is 2.49. The zero-order valence-electron chi connectivity index (χ0n) is 13.5. The standard InChI is InChI=1S/C20H21ClN2O/c1-2-15-24-19-9-5-17(6-10-19)20(23-13-11-22-12-14-23)16-3-7-18(21)8-4-16/h1,3-10,20,22H,11-15H2. The smallest absolute Gasteiger partial charge is 0.148 e. The fourth-order valence-electron chi connectivity index (χ4n) is 3.07. The molecule has 0 amide bonds. The molecule has 2 aromatic carbocycles. The van der Waals surface area contributed by atoms with Gasteiger partial charge in [0.2, 0.25) is 0 Å². The van der Waals surface area contributed by atoms with Crippen LogP contribution >= 0.6 is 11.6 Å². The molecule has 1 saturated heterocycles. The lowest BCUT2D eigenvalue weighted by molar-refractivity contribution is 0.198. The molecule has 3 nitrogen and oxygen atoms in total. The van der Waals surface area contributed by atoms with Crippen LogP contribution in [0.3, 0.4) is 0 Å². The van der Waals surface area contributed by atoms with E-state index in [0.717, 1.165) is 37.0 Å². The fraction of sp³-hybridized carbons (Fsp3) is 0.300. The molecule has 1 fully saturated rings. The third-order valence-corrected chi connectivity index (χ3v) is 4.47. The average molecular weight is 341 g/mol. The second-order valence-electron chi connectivity index (χ2n) is 5.80. The lowest BCUT2D eigenvalue weighted by atomic mass is 9.96. The molecule has 0 spiro atoms. The fourth-order valence-corrected chi connectivity index (χ4v) is 3.20. The number of ether oxygens (including phenoxy) is 1. The van der Waals surface area contributed by atoms with Crippen molar-refractivity contribution in [2.45, 2.75) is 6.04 Å². The number of halogens is 1. The minimum absolute atomic E-state index is 0.214. The molecule has 0 radical (unpaired) electrons. The number of nitrogens with one attached hydrogen (secondary N) is 1. The molecule has 124 valence electrons. The molecular formula is C20H21ClN2O. The van der Waals surface area contributed by atoms with Gasteiger partial charge in [0.05, 0.1) is 6.04 Å². The third kappa shape index (κ3) is 4.10. The van der Waals surface area contributed by atoms with Crippen molar-refractivity contribution in [3.8, 4) is 18.1 Å². The molecule has 4 heteroatoms. The Hall–Kier alpha value is -1.99. The highest BCUT2D eigenvalue weighted by Crippen LogP contribution is 2.30. The first-order valence-electron chi connectivity index (χ1n) is 8.14. The van der Waals surface area contributed by atoms with E-state index in [1.807, 2.05) is 24.3 Å². The van der Waals surface area contributed by atoms with Crippen molar-refractivity contribution in [3.63, 3.8) is 0 Å². The topological polar surface area (TPSA) is 24.5 Å². The van der Waals surface area contributed by atoms with E-state index < -0.39 is 0 Å². The summed E-state index contributed by atoms with van der Waals surface area (Å²) in [4.78, 5) is 2.50. The summed E-state index contributed by atoms with van der Waals surface area (Å²) in [6.45, 7) is 4.34. The van der Waals surface area contributed by atoms with Crippen molar-refractivity contribution in [1.29, 1.82) is 0 Å². The Labute approximate surface area is 148 Å². The zero-order valence-corrected chi connectivity index (χ0v) is 14.3. The monoisotopic (exact) mass is 340 g/mol. The average Bonchev–Trinajstić information content (AvgIpc) is 2.64. The van der Waals surface area contributed by atoms with Gasteiger partial charge in [0.1, 0.15) is 12.4 Å². The predicted molar refractivity (Wildman–Crippen MR) is 98.5 cm³/mol. The lowest BCUT2D eigenvalue weighted by Crippen LogP contribution is -2.45. The Bertz CT molecular complexity index is 685. The third-order valence-electron chi connectivity index (χ3n) is 4.22. The summed E-state index contributed by atoms with van der Waals surface area (Å²) in [6, 6.07) is 16.5. The van der Waals surface area contributed by atoms with Gasteiger partial charge in [-0.2, -0.15) is 0 Å². The minimum Gasteiger partial charge on any atom is -0.481 e.